The molecule has 90 valence electrons. The molecule has 0 unspecified atom stereocenters. The fraction of sp³-hybridized carbons (Fsp3) is 0.400. The van der Waals surface area contributed by atoms with Crippen LogP contribution >= 0.6 is 11.6 Å². The SMILES string of the molecule is CS(=O)(=O)CCCNc1cccc(Cl)c1F. The van der Waals surface area contributed by atoms with Gasteiger partial charge in [-0.3, -0.25) is 0 Å². The molecule has 0 bridgehead atoms. The Balaban J connectivity index is 2.47. The monoisotopic (exact) mass is 265 g/mol. The number of benzene rings is 1. The van der Waals surface area contributed by atoms with Crippen LogP contribution in [0.2, 0.25) is 5.02 Å². The predicted molar refractivity (Wildman–Crippen MR) is 64.2 cm³/mol. The van der Waals surface area contributed by atoms with Crippen molar-refractivity contribution in [2.75, 3.05) is 23.9 Å². The van der Waals surface area contributed by atoms with E-state index in [-0.39, 0.29) is 10.8 Å². The highest BCUT2D eigenvalue weighted by Gasteiger charge is 2.06. The van der Waals surface area contributed by atoms with Gasteiger partial charge in [0.05, 0.1) is 16.5 Å². The van der Waals surface area contributed by atoms with Gasteiger partial charge in [-0.25, -0.2) is 12.8 Å². The molecule has 0 amide bonds. The predicted octanol–water partition coefficient (Wildman–Crippen LogP) is 2.33. The van der Waals surface area contributed by atoms with Crippen molar-refractivity contribution in [3.63, 3.8) is 0 Å². The molecule has 0 aliphatic heterocycles. The number of hydrogen-bond donors (Lipinski definition) is 1. The molecular weight excluding hydrogens is 253 g/mol. The van der Waals surface area contributed by atoms with Crippen molar-refractivity contribution >= 4 is 27.1 Å². The van der Waals surface area contributed by atoms with Crippen LogP contribution in [0.25, 0.3) is 0 Å². The highest BCUT2D eigenvalue weighted by Crippen LogP contribution is 2.21. The second-order valence-electron chi connectivity index (χ2n) is 3.51. The van der Waals surface area contributed by atoms with E-state index in [1.807, 2.05) is 0 Å². The Bertz CT molecular complexity index is 462. The van der Waals surface area contributed by atoms with Gasteiger partial charge in [-0.05, 0) is 18.6 Å². The van der Waals surface area contributed by atoms with Crippen LogP contribution in [0.4, 0.5) is 10.1 Å². The van der Waals surface area contributed by atoms with Gasteiger partial charge in [-0.1, -0.05) is 17.7 Å². The van der Waals surface area contributed by atoms with Crippen molar-refractivity contribution in [2.45, 2.75) is 6.42 Å². The first-order valence-corrected chi connectivity index (χ1v) is 7.19. The molecule has 3 nitrogen and oxygen atoms in total. The largest absolute Gasteiger partial charge is 0.383 e. The molecule has 0 saturated carbocycles. The third-order valence-electron chi connectivity index (χ3n) is 1.96. The second kappa shape index (κ2) is 5.50. The topological polar surface area (TPSA) is 46.2 Å². The minimum Gasteiger partial charge on any atom is -0.383 e. The van der Waals surface area contributed by atoms with Crippen molar-refractivity contribution in [1.29, 1.82) is 0 Å². The molecule has 16 heavy (non-hydrogen) atoms. The molecule has 1 aromatic carbocycles. The molecule has 0 aromatic heterocycles. The maximum absolute atomic E-state index is 13.4. The van der Waals surface area contributed by atoms with Crippen LogP contribution in [-0.2, 0) is 9.84 Å². The molecule has 0 atom stereocenters. The molecule has 1 N–H and O–H groups in total. The average Bonchev–Trinajstić information content (AvgIpc) is 2.17. The van der Waals surface area contributed by atoms with Crippen LogP contribution < -0.4 is 5.32 Å². The summed E-state index contributed by atoms with van der Waals surface area (Å²) >= 11 is 5.59. The lowest BCUT2D eigenvalue weighted by Gasteiger charge is -2.07. The molecule has 0 radical (unpaired) electrons. The van der Waals surface area contributed by atoms with E-state index >= 15 is 0 Å². The van der Waals surface area contributed by atoms with Crippen LogP contribution in [0.5, 0.6) is 0 Å². The van der Waals surface area contributed by atoms with Crippen LogP contribution in [0, 0.1) is 5.82 Å². The highest BCUT2D eigenvalue weighted by atomic mass is 35.5. The van der Waals surface area contributed by atoms with Gasteiger partial charge in [-0.2, -0.15) is 0 Å². The van der Waals surface area contributed by atoms with E-state index in [2.05, 4.69) is 5.32 Å². The van der Waals surface area contributed by atoms with E-state index in [4.69, 9.17) is 11.6 Å². The fourth-order valence-electron chi connectivity index (χ4n) is 1.20. The smallest absolute Gasteiger partial charge is 0.164 e. The minimum atomic E-state index is -2.96. The Kier molecular flexibility index (Phi) is 4.56. The van der Waals surface area contributed by atoms with Crippen LogP contribution in [-0.4, -0.2) is 27.0 Å². The molecular formula is C10H13ClFNO2S. The van der Waals surface area contributed by atoms with Gasteiger partial charge in [0.1, 0.15) is 9.84 Å². The van der Waals surface area contributed by atoms with Gasteiger partial charge in [0.25, 0.3) is 0 Å². The number of anilines is 1. The van der Waals surface area contributed by atoms with Crippen molar-refractivity contribution in [2.24, 2.45) is 0 Å². The molecule has 6 heteroatoms. The van der Waals surface area contributed by atoms with E-state index in [1.165, 1.54) is 12.3 Å². The zero-order chi connectivity index (χ0) is 12.2. The molecule has 0 heterocycles. The molecule has 0 aliphatic carbocycles. The maximum Gasteiger partial charge on any atom is 0.164 e. The Hall–Kier alpha value is -0.810. The summed E-state index contributed by atoms with van der Waals surface area (Å²) < 4.78 is 35.0. The molecule has 0 spiro atoms. The zero-order valence-electron chi connectivity index (χ0n) is 8.83. The van der Waals surface area contributed by atoms with E-state index < -0.39 is 15.7 Å². The lowest BCUT2D eigenvalue weighted by Crippen LogP contribution is -2.10. The molecule has 0 saturated heterocycles. The summed E-state index contributed by atoms with van der Waals surface area (Å²) in [6.45, 7) is 0.393. The van der Waals surface area contributed by atoms with Gasteiger partial charge in [0.2, 0.25) is 0 Å². The number of sulfone groups is 1. The highest BCUT2D eigenvalue weighted by molar-refractivity contribution is 7.90. The summed E-state index contributed by atoms with van der Waals surface area (Å²) in [6, 6.07) is 4.64. The normalized spacial score (nSPS) is 11.4. The molecule has 1 rings (SSSR count). The summed E-state index contributed by atoms with van der Waals surface area (Å²) in [4.78, 5) is 0. The Morgan fingerprint density at radius 2 is 2.12 bits per heavy atom. The van der Waals surface area contributed by atoms with Gasteiger partial charge in [-0.15, -0.1) is 0 Å². The Morgan fingerprint density at radius 1 is 1.44 bits per heavy atom. The summed E-state index contributed by atoms with van der Waals surface area (Å²) in [7, 11) is -2.96. The zero-order valence-corrected chi connectivity index (χ0v) is 10.4. The van der Waals surface area contributed by atoms with Crippen molar-refractivity contribution in [1.82, 2.24) is 0 Å². The first-order valence-electron chi connectivity index (χ1n) is 4.76. The number of halogens is 2. The second-order valence-corrected chi connectivity index (χ2v) is 6.18. The van der Waals surface area contributed by atoms with Crippen molar-refractivity contribution < 1.29 is 12.8 Å². The van der Waals surface area contributed by atoms with Gasteiger partial charge in [0, 0.05) is 12.8 Å². The van der Waals surface area contributed by atoms with Crippen molar-refractivity contribution in [3.8, 4) is 0 Å². The third kappa shape index (κ3) is 4.37. The molecule has 0 aliphatic rings. The van der Waals surface area contributed by atoms with Crippen LogP contribution in [0.15, 0.2) is 18.2 Å². The van der Waals surface area contributed by atoms with E-state index in [9.17, 15) is 12.8 Å². The van der Waals surface area contributed by atoms with E-state index in [0.29, 0.717) is 18.7 Å². The third-order valence-corrected chi connectivity index (χ3v) is 3.28. The minimum absolute atomic E-state index is 0.0492. The Morgan fingerprint density at radius 3 is 2.75 bits per heavy atom. The lowest BCUT2D eigenvalue weighted by molar-refractivity contribution is 0.599. The number of nitrogens with one attached hydrogen (secondary N) is 1. The lowest BCUT2D eigenvalue weighted by atomic mass is 10.3. The summed E-state index contributed by atoms with van der Waals surface area (Å²) in [5, 5.41) is 2.85. The number of rotatable bonds is 5. The number of hydrogen-bond acceptors (Lipinski definition) is 3. The first kappa shape index (κ1) is 13.3. The quantitative estimate of drug-likeness (QED) is 0.831. The maximum atomic E-state index is 13.4. The summed E-state index contributed by atoms with van der Waals surface area (Å²) in [5.41, 5.74) is 0.293. The van der Waals surface area contributed by atoms with Gasteiger partial charge < -0.3 is 5.32 Å². The molecule has 0 fully saturated rings. The summed E-state index contributed by atoms with van der Waals surface area (Å²) in [5.74, 6) is -0.425. The standard InChI is InChI=1S/C10H13ClFNO2S/c1-16(14,15)7-3-6-13-9-5-2-4-8(11)10(9)12/h2,4-5,13H,3,6-7H2,1H3. The van der Waals surface area contributed by atoms with Crippen LogP contribution in [0.3, 0.4) is 0 Å². The fourth-order valence-corrected chi connectivity index (χ4v) is 2.04. The average molecular weight is 266 g/mol. The van der Waals surface area contributed by atoms with Crippen LogP contribution in [0.1, 0.15) is 6.42 Å². The van der Waals surface area contributed by atoms with E-state index in [0.717, 1.165) is 0 Å². The molecule has 1 aromatic rings. The van der Waals surface area contributed by atoms with Crippen molar-refractivity contribution in [3.05, 3.63) is 29.0 Å². The van der Waals surface area contributed by atoms with E-state index in [1.54, 1.807) is 12.1 Å². The Labute approximate surface area is 99.5 Å². The summed E-state index contributed by atoms with van der Waals surface area (Å²) in [6.07, 6.45) is 1.61. The first-order chi connectivity index (χ1) is 7.40. The van der Waals surface area contributed by atoms with Gasteiger partial charge in [0.15, 0.2) is 5.82 Å². The van der Waals surface area contributed by atoms with Gasteiger partial charge >= 0.3 is 0 Å².